The average molecular weight is 363 g/mol. The van der Waals surface area contributed by atoms with Crippen LogP contribution in [-0.4, -0.2) is 65.1 Å². The Bertz CT molecular complexity index is 933. The minimum Gasteiger partial charge on any atom is -0.369 e. The maximum absolute atomic E-state index is 4.47. The summed E-state index contributed by atoms with van der Waals surface area (Å²) in [6.07, 6.45) is 5.16. The topological polar surface area (TPSA) is 61.3 Å². The Morgan fingerprint density at radius 3 is 2.48 bits per heavy atom. The van der Waals surface area contributed by atoms with E-state index in [0.29, 0.717) is 0 Å². The Hall–Kier alpha value is -2.80. The van der Waals surface area contributed by atoms with E-state index in [1.165, 1.54) is 5.69 Å². The molecular weight excluding hydrogens is 338 g/mol. The van der Waals surface area contributed by atoms with E-state index in [-0.39, 0.29) is 0 Å². The van der Waals surface area contributed by atoms with Gasteiger partial charge in [-0.2, -0.15) is 0 Å². The zero-order valence-electron chi connectivity index (χ0n) is 16.1. The molecule has 4 rings (SSSR count). The Kier molecular flexibility index (Phi) is 4.85. The molecule has 0 unspecified atom stereocenters. The van der Waals surface area contributed by atoms with Crippen LogP contribution in [0.2, 0.25) is 0 Å². The van der Waals surface area contributed by atoms with Crippen LogP contribution in [0.15, 0.2) is 36.9 Å². The summed E-state index contributed by atoms with van der Waals surface area (Å²) in [7, 11) is 4.03. The first-order valence-electron chi connectivity index (χ1n) is 9.27. The van der Waals surface area contributed by atoms with Crippen LogP contribution in [0.1, 0.15) is 11.4 Å². The third-order valence-corrected chi connectivity index (χ3v) is 5.12. The maximum atomic E-state index is 4.47. The Labute approximate surface area is 159 Å². The van der Waals surface area contributed by atoms with E-state index in [1.54, 1.807) is 18.7 Å². The lowest BCUT2D eigenvalue weighted by Crippen LogP contribution is -2.46. The molecule has 3 heterocycles. The molecule has 0 amide bonds. The quantitative estimate of drug-likeness (QED) is 0.703. The number of rotatable bonds is 4. The van der Waals surface area contributed by atoms with Gasteiger partial charge in [-0.3, -0.25) is 14.9 Å². The summed E-state index contributed by atoms with van der Waals surface area (Å²) in [5, 5.41) is 1.10. The van der Waals surface area contributed by atoms with Gasteiger partial charge in [-0.05, 0) is 25.1 Å². The Balaban J connectivity index is 1.48. The molecule has 0 radical (unpaired) electrons. The predicted molar refractivity (Wildman–Crippen MR) is 108 cm³/mol. The van der Waals surface area contributed by atoms with Gasteiger partial charge in [0.25, 0.3) is 0 Å². The second-order valence-corrected chi connectivity index (χ2v) is 7.14. The lowest BCUT2D eigenvalue weighted by atomic mass is 10.1. The third-order valence-electron chi connectivity index (χ3n) is 5.12. The predicted octanol–water partition coefficient (Wildman–Crippen LogP) is 2.12. The normalized spacial score (nSPS) is 15.3. The largest absolute Gasteiger partial charge is 0.369 e. The molecule has 1 aromatic carbocycles. The highest BCUT2D eigenvalue weighted by molar-refractivity contribution is 5.91. The van der Waals surface area contributed by atoms with Crippen molar-refractivity contribution in [1.29, 1.82) is 0 Å². The van der Waals surface area contributed by atoms with E-state index in [0.717, 1.165) is 60.8 Å². The van der Waals surface area contributed by atoms with Crippen LogP contribution in [0, 0.1) is 6.92 Å². The number of piperazine rings is 1. The molecule has 140 valence electrons. The van der Waals surface area contributed by atoms with Crippen LogP contribution >= 0.6 is 0 Å². The first-order chi connectivity index (χ1) is 13.1. The second kappa shape index (κ2) is 7.44. The number of hydrogen-bond donors (Lipinski definition) is 0. The van der Waals surface area contributed by atoms with Gasteiger partial charge in [-0.15, -0.1) is 0 Å². The molecule has 3 aromatic rings. The van der Waals surface area contributed by atoms with E-state index in [9.17, 15) is 0 Å². The van der Waals surface area contributed by atoms with Gasteiger partial charge in [-0.25, -0.2) is 9.97 Å². The molecule has 1 aliphatic heterocycles. The zero-order valence-corrected chi connectivity index (χ0v) is 16.1. The van der Waals surface area contributed by atoms with Crippen molar-refractivity contribution in [2.45, 2.75) is 13.5 Å². The number of fused-ring (bicyclic) bond motifs is 1. The van der Waals surface area contributed by atoms with Crippen molar-refractivity contribution in [1.82, 2.24) is 24.8 Å². The molecule has 7 heteroatoms. The summed E-state index contributed by atoms with van der Waals surface area (Å²) in [4.78, 5) is 24.6. The van der Waals surface area contributed by atoms with Crippen LogP contribution in [0.5, 0.6) is 0 Å². The fourth-order valence-electron chi connectivity index (χ4n) is 3.55. The molecular formula is C20H25N7. The third kappa shape index (κ3) is 3.68. The van der Waals surface area contributed by atoms with Gasteiger partial charge in [0, 0.05) is 70.3 Å². The highest BCUT2D eigenvalue weighted by Gasteiger charge is 2.19. The van der Waals surface area contributed by atoms with E-state index < -0.39 is 0 Å². The molecule has 1 fully saturated rings. The van der Waals surface area contributed by atoms with Gasteiger partial charge in [0.15, 0.2) is 0 Å². The molecule has 0 saturated carbocycles. The van der Waals surface area contributed by atoms with E-state index in [4.69, 9.17) is 0 Å². The first-order valence-corrected chi connectivity index (χ1v) is 9.27. The van der Waals surface area contributed by atoms with Crippen molar-refractivity contribution in [2.24, 2.45) is 0 Å². The average Bonchev–Trinajstić information content (AvgIpc) is 2.69. The SMILES string of the molecule is Cc1nccnc1CN1CCN(c2ccc3ncnc(N(C)C)c3c2)CC1. The van der Waals surface area contributed by atoms with Gasteiger partial charge >= 0.3 is 0 Å². The van der Waals surface area contributed by atoms with Crippen LogP contribution in [0.25, 0.3) is 10.9 Å². The Morgan fingerprint density at radius 2 is 1.74 bits per heavy atom. The van der Waals surface area contributed by atoms with Crippen molar-refractivity contribution in [2.75, 3.05) is 50.1 Å². The number of nitrogens with zero attached hydrogens (tertiary/aromatic N) is 7. The summed E-state index contributed by atoms with van der Waals surface area (Å²) >= 11 is 0. The summed E-state index contributed by atoms with van der Waals surface area (Å²) in [6.45, 7) is 6.91. The number of aromatic nitrogens is 4. The van der Waals surface area contributed by atoms with E-state index in [1.807, 2.05) is 25.9 Å². The van der Waals surface area contributed by atoms with Gasteiger partial charge in [0.2, 0.25) is 0 Å². The highest BCUT2D eigenvalue weighted by atomic mass is 15.3. The molecule has 0 N–H and O–H groups in total. The van der Waals surface area contributed by atoms with Crippen molar-refractivity contribution in [3.63, 3.8) is 0 Å². The number of anilines is 2. The molecule has 0 spiro atoms. The number of aryl methyl sites for hydroxylation is 1. The van der Waals surface area contributed by atoms with Crippen molar-refractivity contribution in [3.8, 4) is 0 Å². The Morgan fingerprint density at radius 1 is 0.963 bits per heavy atom. The standard InChI is InChI=1S/C20H25N7/c1-15-19(22-7-6-21-15)13-26-8-10-27(11-9-26)16-4-5-18-17(12-16)20(25(2)3)24-14-23-18/h4-7,12,14H,8-11,13H2,1-3H3. The number of hydrogen-bond acceptors (Lipinski definition) is 7. The molecule has 1 aliphatic rings. The van der Waals surface area contributed by atoms with Gasteiger partial charge in [0.05, 0.1) is 16.9 Å². The summed E-state index contributed by atoms with van der Waals surface area (Å²) in [5.74, 6) is 0.957. The smallest absolute Gasteiger partial charge is 0.139 e. The minimum atomic E-state index is 0.865. The van der Waals surface area contributed by atoms with Crippen molar-refractivity contribution in [3.05, 3.63) is 48.3 Å². The summed E-state index contributed by atoms with van der Waals surface area (Å²) in [5.41, 5.74) is 4.31. The van der Waals surface area contributed by atoms with Gasteiger partial charge < -0.3 is 9.80 Å². The zero-order chi connectivity index (χ0) is 18.8. The monoisotopic (exact) mass is 363 g/mol. The first kappa shape index (κ1) is 17.6. The minimum absolute atomic E-state index is 0.865. The lowest BCUT2D eigenvalue weighted by Gasteiger charge is -2.36. The molecule has 0 bridgehead atoms. The highest BCUT2D eigenvalue weighted by Crippen LogP contribution is 2.27. The molecule has 2 aromatic heterocycles. The molecule has 7 nitrogen and oxygen atoms in total. The van der Waals surface area contributed by atoms with Gasteiger partial charge in [-0.1, -0.05) is 0 Å². The molecule has 0 aliphatic carbocycles. The maximum Gasteiger partial charge on any atom is 0.139 e. The molecule has 1 saturated heterocycles. The lowest BCUT2D eigenvalue weighted by molar-refractivity contribution is 0.246. The fourth-order valence-corrected chi connectivity index (χ4v) is 3.55. The van der Waals surface area contributed by atoms with Crippen LogP contribution in [0.3, 0.4) is 0 Å². The summed E-state index contributed by atoms with van der Waals surface area (Å²) in [6, 6.07) is 6.47. The molecule has 0 atom stereocenters. The van der Waals surface area contributed by atoms with Crippen molar-refractivity contribution < 1.29 is 0 Å². The fraction of sp³-hybridized carbons (Fsp3) is 0.400. The van der Waals surface area contributed by atoms with Crippen LogP contribution in [0.4, 0.5) is 11.5 Å². The van der Waals surface area contributed by atoms with Crippen molar-refractivity contribution >= 4 is 22.4 Å². The summed E-state index contributed by atoms with van der Waals surface area (Å²) < 4.78 is 0. The van der Waals surface area contributed by atoms with Crippen LogP contribution in [-0.2, 0) is 6.54 Å². The number of benzene rings is 1. The van der Waals surface area contributed by atoms with E-state index >= 15 is 0 Å². The van der Waals surface area contributed by atoms with E-state index in [2.05, 4.69) is 47.9 Å². The molecule has 27 heavy (non-hydrogen) atoms. The second-order valence-electron chi connectivity index (χ2n) is 7.14. The van der Waals surface area contributed by atoms with Crippen LogP contribution < -0.4 is 9.80 Å². The van der Waals surface area contributed by atoms with Gasteiger partial charge in [0.1, 0.15) is 12.1 Å².